The number of fused-ring (bicyclic) bond motifs is 28. The predicted octanol–water partition coefficient (Wildman–Crippen LogP) is 35.8. The van der Waals surface area contributed by atoms with Crippen molar-refractivity contribution in [3.8, 4) is 68.7 Å². The van der Waals surface area contributed by atoms with E-state index in [1.807, 2.05) is 61.2 Å². The van der Waals surface area contributed by atoms with Crippen LogP contribution in [-0.2, 0) is 0 Å². The SMILES string of the molecule is c1ccc(-n2c3cc4c(cc3c3c5ccccc5ccc32)Oc2ccccc2N4c2ccc3cc(N4c5ccccc5Oc5cc6c7c8ccccc8ccc7n(-c7ccccc7)c6cc54)ccc3c2)cc1.c1cncc(-n2c3cc4c(cc3c3cc5ccccc5cc32)Oc2ccccc2N4c2cccc3c(N4c5ccccc5Oc5cc6c7cc8ccccc8cc7n(-c7cccnc7)c6cc54)cccc23)c1. The third-order valence-corrected chi connectivity index (χ3v) is 29.7. The zero-order chi connectivity index (χ0) is 94.0. The van der Waals surface area contributed by atoms with Gasteiger partial charge in [0.05, 0.1) is 125 Å². The molecule has 6 aromatic heterocycles. The van der Waals surface area contributed by atoms with E-state index in [4.69, 9.17) is 18.9 Å². The van der Waals surface area contributed by atoms with Gasteiger partial charge in [-0.25, -0.2) is 0 Å². The molecule has 672 valence electrons. The summed E-state index contributed by atoms with van der Waals surface area (Å²) in [6.45, 7) is 0. The molecule has 4 aliphatic heterocycles. The van der Waals surface area contributed by atoms with Crippen LogP contribution < -0.4 is 38.5 Å². The number of aromatic nitrogens is 6. The molecule has 14 heteroatoms. The van der Waals surface area contributed by atoms with Gasteiger partial charge < -0.3 is 56.8 Å². The van der Waals surface area contributed by atoms with Crippen LogP contribution in [0, 0.1) is 0 Å². The fourth-order valence-corrected chi connectivity index (χ4v) is 23.4. The number of pyridine rings is 2. The lowest BCUT2D eigenvalue weighted by Crippen LogP contribution is -2.17. The Labute approximate surface area is 823 Å². The molecule has 14 nitrogen and oxygen atoms in total. The lowest BCUT2D eigenvalue weighted by Gasteiger charge is -2.35. The second-order valence-electron chi connectivity index (χ2n) is 37.6. The molecule has 4 aliphatic rings. The summed E-state index contributed by atoms with van der Waals surface area (Å²) in [5.41, 5.74) is 25.0. The number of benzene rings is 22. The molecule has 0 N–H and O–H groups in total. The van der Waals surface area contributed by atoms with Gasteiger partial charge in [0.1, 0.15) is 0 Å². The van der Waals surface area contributed by atoms with E-state index in [-0.39, 0.29) is 0 Å². The van der Waals surface area contributed by atoms with Crippen molar-refractivity contribution >= 4 is 220 Å². The third-order valence-electron chi connectivity index (χ3n) is 29.7. The van der Waals surface area contributed by atoms with Crippen LogP contribution in [0.3, 0.4) is 0 Å². The summed E-state index contributed by atoms with van der Waals surface area (Å²) in [6, 6.07) is 161. The van der Waals surface area contributed by atoms with E-state index < -0.39 is 0 Å². The van der Waals surface area contributed by atoms with Crippen LogP contribution in [-0.4, -0.2) is 28.2 Å². The lowest BCUT2D eigenvalue weighted by molar-refractivity contribution is 0.477. The number of hydrogen-bond donors (Lipinski definition) is 0. The first-order valence-electron chi connectivity index (χ1n) is 48.7. The molecule has 32 rings (SSSR count). The summed E-state index contributed by atoms with van der Waals surface area (Å²) in [5, 5.41) is 23.3. The van der Waals surface area contributed by atoms with Crippen molar-refractivity contribution in [1.82, 2.24) is 28.2 Å². The highest BCUT2D eigenvalue weighted by Crippen LogP contribution is 2.61. The number of anilines is 12. The number of hydrogen-bond acceptors (Lipinski definition) is 10. The molecule has 0 atom stereocenters. The predicted molar refractivity (Wildman–Crippen MR) is 590 cm³/mol. The molecule has 28 aromatic rings. The van der Waals surface area contributed by atoms with Gasteiger partial charge in [-0.2, -0.15) is 0 Å². The van der Waals surface area contributed by atoms with Gasteiger partial charge in [-0.1, -0.05) is 231 Å². The normalized spacial score (nSPS) is 12.9. The minimum atomic E-state index is 0.782. The first kappa shape index (κ1) is 79.4. The highest BCUT2D eigenvalue weighted by Gasteiger charge is 2.37. The Kier molecular flexibility index (Phi) is 17.0. The number of para-hydroxylation sites is 10. The van der Waals surface area contributed by atoms with E-state index in [9.17, 15) is 0 Å². The second-order valence-corrected chi connectivity index (χ2v) is 37.6. The van der Waals surface area contributed by atoms with Crippen LogP contribution in [0.1, 0.15) is 0 Å². The van der Waals surface area contributed by atoms with Crippen LogP contribution in [0.25, 0.3) is 175 Å². The molecular formula is C130H78N10O4. The maximum atomic E-state index is 6.93. The summed E-state index contributed by atoms with van der Waals surface area (Å²) in [6.07, 6.45) is 7.54. The molecular weight excluding hydrogens is 1770 g/mol. The van der Waals surface area contributed by atoms with Gasteiger partial charge in [0.2, 0.25) is 0 Å². The maximum Gasteiger partial charge on any atom is 0.152 e. The van der Waals surface area contributed by atoms with Gasteiger partial charge in [-0.3, -0.25) is 9.97 Å². The van der Waals surface area contributed by atoms with E-state index in [0.717, 1.165) is 235 Å². The van der Waals surface area contributed by atoms with Crippen molar-refractivity contribution in [2.75, 3.05) is 19.6 Å². The van der Waals surface area contributed by atoms with Crippen molar-refractivity contribution in [2.45, 2.75) is 0 Å². The Morgan fingerprint density at radius 1 is 0.146 bits per heavy atom. The Morgan fingerprint density at radius 3 is 0.826 bits per heavy atom. The van der Waals surface area contributed by atoms with Gasteiger partial charge in [0.25, 0.3) is 0 Å². The zero-order valence-electron chi connectivity index (χ0n) is 77.1. The molecule has 0 saturated carbocycles. The highest BCUT2D eigenvalue weighted by atomic mass is 16.5. The average Bonchev–Trinajstić information content (AvgIpc) is 1.50. The Morgan fingerprint density at radius 2 is 0.431 bits per heavy atom. The minimum Gasteiger partial charge on any atom is -0.453 e. The Bertz CT molecular complexity index is 9780. The van der Waals surface area contributed by atoms with Gasteiger partial charge in [-0.15, -0.1) is 0 Å². The quantitative estimate of drug-likeness (QED) is 0.146. The largest absolute Gasteiger partial charge is 0.453 e. The van der Waals surface area contributed by atoms with Crippen LogP contribution in [0.4, 0.5) is 68.2 Å². The van der Waals surface area contributed by atoms with E-state index >= 15 is 0 Å². The van der Waals surface area contributed by atoms with Crippen molar-refractivity contribution in [2.24, 2.45) is 0 Å². The molecule has 10 heterocycles. The molecule has 0 unspecified atom stereocenters. The number of rotatable bonds is 8. The van der Waals surface area contributed by atoms with Gasteiger partial charge in [0, 0.05) is 89.0 Å². The third kappa shape index (κ3) is 11.9. The van der Waals surface area contributed by atoms with Crippen molar-refractivity contribution < 1.29 is 18.9 Å². The van der Waals surface area contributed by atoms with Gasteiger partial charge >= 0.3 is 0 Å². The molecule has 22 aromatic carbocycles. The summed E-state index contributed by atoms with van der Waals surface area (Å²) in [5.74, 6) is 6.40. The van der Waals surface area contributed by atoms with E-state index in [2.05, 4.69) is 460 Å². The molecule has 0 saturated heterocycles. The molecule has 0 radical (unpaired) electrons. The fraction of sp³-hybridized carbons (Fsp3) is 0. The molecule has 0 spiro atoms. The Balaban J connectivity index is 0.000000131. The first-order valence-corrected chi connectivity index (χ1v) is 48.7. The van der Waals surface area contributed by atoms with Crippen molar-refractivity contribution in [1.29, 1.82) is 0 Å². The molecule has 0 aliphatic carbocycles. The van der Waals surface area contributed by atoms with E-state index in [0.29, 0.717) is 0 Å². The molecule has 0 bridgehead atoms. The Hall–Kier alpha value is -19.7. The average molecular weight is 1840 g/mol. The zero-order valence-corrected chi connectivity index (χ0v) is 77.1. The van der Waals surface area contributed by atoms with Gasteiger partial charge in [-0.05, 0) is 272 Å². The maximum absolute atomic E-state index is 6.93. The van der Waals surface area contributed by atoms with Crippen LogP contribution >= 0.6 is 0 Å². The first-order chi connectivity index (χ1) is 71.4. The van der Waals surface area contributed by atoms with E-state index in [1.165, 1.54) is 53.9 Å². The topological polar surface area (TPSA) is 95.4 Å². The monoisotopic (exact) mass is 1840 g/mol. The second kappa shape index (κ2) is 30.9. The molecule has 0 amide bonds. The van der Waals surface area contributed by atoms with Crippen molar-refractivity contribution in [3.05, 3.63) is 474 Å². The van der Waals surface area contributed by atoms with E-state index in [1.54, 1.807) is 0 Å². The summed E-state index contributed by atoms with van der Waals surface area (Å²) >= 11 is 0. The molecule has 144 heavy (non-hydrogen) atoms. The molecule has 0 fully saturated rings. The summed E-state index contributed by atoms with van der Waals surface area (Å²) in [4.78, 5) is 18.7. The standard InChI is InChI=1S/C66H40N4O2.C64H38N6O2/c1-3-17-45(18-4-1)67-55-33-29-41-15-7-9-21-49(41)65(55)51-37-63-59(39-57(51)67)69(53-23-11-13-25-61(53)71-63)47-31-27-44-36-48(32-28-43(44)35-47)70-54-24-12-14-26-62(54)72-64-38-52-58(40-60(64)70)68(46-19-5-2-6-20-46)56-34-30-42-16-8-10-22-50(42)66(52)56;1-3-15-41-31-55-47(29-39(41)13-1)49-33-63-59(35-57(49)67(55)43-17-11-27-65-37-43)69(53-21-5-7-25-61(53)71-63)51-23-9-20-46-45(51)19-10-24-52(46)70-54-22-6-8-26-62(54)72-64-34-50-48-30-40-14-2-4-16-42(40)32-56(48)68(58(50)36-60(64)70)44-18-12-28-66-38-44/h1-40H;1-38H. The summed E-state index contributed by atoms with van der Waals surface area (Å²) in [7, 11) is 0. The smallest absolute Gasteiger partial charge is 0.152 e. The fourth-order valence-electron chi connectivity index (χ4n) is 23.4. The van der Waals surface area contributed by atoms with Gasteiger partial charge in [0.15, 0.2) is 46.0 Å². The lowest BCUT2D eigenvalue weighted by atomic mass is 10.0. The summed E-state index contributed by atoms with van der Waals surface area (Å²) < 4.78 is 37.1. The minimum absolute atomic E-state index is 0.782. The van der Waals surface area contributed by atoms with Crippen LogP contribution in [0.5, 0.6) is 46.0 Å². The van der Waals surface area contributed by atoms with Crippen LogP contribution in [0.2, 0.25) is 0 Å². The highest BCUT2D eigenvalue weighted by molar-refractivity contribution is 6.26. The van der Waals surface area contributed by atoms with Crippen LogP contribution in [0.15, 0.2) is 474 Å². The number of ether oxygens (including phenoxy) is 4. The number of nitrogens with zero attached hydrogens (tertiary/aromatic N) is 10. The van der Waals surface area contributed by atoms with Crippen molar-refractivity contribution in [3.63, 3.8) is 0 Å².